The van der Waals surface area contributed by atoms with Crippen LogP contribution in [0.1, 0.15) is 40.5 Å². The van der Waals surface area contributed by atoms with Crippen LogP contribution in [0.3, 0.4) is 0 Å². The summed E-state index contributed by atoms with van der Waals surface area (Å²) in [6.07, 6.45) is 8.41. The highest BCUT2D eigenvalue weighted by molar-refractivity contribution is 6.23. The largest absolute Gasteiger partial charge is 0.252 e. The number of allylic oxidation sites excluding steroid dienone is 4. The molecule has 1 nitrogen and oxygen atoms in total. The molecule has 8 aromatic rings. The third kappa shape index (κ3) is 4.45. The van der Waals surface area contributed by atoms with Gasteiger partial charge in [0.1, 0.15) is 0 Å². The highest BCUT2D eigenvalue weighted by atomic mass is 14.8. The Balaban J connectivity index is 1.02. The van der Waals surface area contributed by atoms with E-state index in [0.29, 0.717) is 17.8 Å². The molecule has 0 bridgehead atoms. The summed E-state index contributed by atoms with van der Waals surface area (Å²) in [4.78, 5) is 5.20. The van der Waals surface area contributed by atoms with Crippen molar-refractivity contribution in [1.29, 1.82) is 0 Å². The first-order chi connectivity index (χ1) is 25.8. The predicted octanol–water partition coefficient (Wildman–Crippen LogP) is 13.5. The molecule has 244 valence electrons. The maximum Gasteiger partial charge on any atom is 0.0672 e. The van der Waals surface area contributed by atoms with Gasteiger partial charge < -0.3 is 0 Å². The molecule has 0 N–H and O–H groups in total. The summed E-state index contributed by atoms with van der Waals surface area (Å²) < 4.78 is 0. The smallest absolute Gasteiger partial charge is 0.0672 e. The van der Waals surface area contributed by atoms with Gasteiger partial charge in [0.05, 0.1) is 11.4 Å². The third-order valence-corrected chi connectivity index (χ3v) is 11.8. The summed E-state index contributed by atoms with van der Waals surface area (Å²) in [7, 11) is 0. The van der Waals surface area contributed by atoms with E-state index in [4.69, 9.17) is 4.99 Å². The van der Waals surface area contributed by atoms with Crippen LogP contribution in [0.5, 0.6) is 0 Å². The van der Waals surface area contributed by atoms with E-state index in [1.807, 2.05) is 0 Å². The maximum atomic E-state index is 5.20. The number of para-hydroxylation sites is 1. The summed E-state index contributed by atoms with van der Waals surface area (Å²) in [5, 5.41) is 7.67. The first-order valence-corrected chi connectivity index (χ1v) is 18.5. The SMILES string of the molecule is C1=CC2c3ccccc3C3=Nc4ccccc4C3CC2C=C1c1ccc(-c2c3ccccc3c(-c3cccc4ccccc34)c3ccccc23)cc1. The van der Waals surface area contributed by atoms with E-state index >= 15 is 0 Å². The second kappa shape index (κ2) is 11.6. The molecule has 2 aliphatic carbocycles. The highest BCUT2D eigenvalue weighted by Gasteiger charge is 2.38. The van der Waals surface area contributed by atoms with Gasteiger partial charge >= 0.3 is 0 Å². The zero-order valence-corrected chi connectivity index (χ0v) is 28.7. The lowest BCUT2D eigenvalue weighted by Crippen LogP contribution is -2.14. The summed E-state index contributed by atoms with van der Waals surface area (Å²) in [5.41, 5.74) is 14.1. The molecule has 3 atom stereocenters. The zero-order chi connectivity index (χ0) is 34.2. The molecule has 1 heterocycles. The fourth-order valence-corrected chi connectivity index (χ4v) is 9.50. The molecule has 1 heteroatoms. The van der Waals surface area contributed by atoms with Crippen LogP contribution >= 0.6 is 0 Å². The van der Waals surface area contributed by atoms with E-state index in [1.165, 1.54) is 88.1 Å². The second-order valence-corrected chi connectivity index (χ2v) is 14.5. The summed E-state index contributed by atoms with van der Waals surface area (Å²) >= 11 is 0. The topological polar surface area (TPSA) is 12.4 Å². The molecule has 52 heavy (non-hydrogen) atoms. The Hall–Kier alpha value is -6.31. The lowest BCUT2D eigenvalue weighted by atomic mass is 9.77. The van der Waals surface area contributed by atoms with Crippen LogP contribution in [0.25, 0.3) is 60.1 Å². The average molecular weight is 662 g/mol. The second-order valence-electron chi connectivity index (χ2n) is 14.5. The minimum absolute atomic E-state index is 0.317. The zero-order valence-electron chi connectivity index (χ0n) is 28.7. The van der Waals surface area contributed by atoms with Crippen molar-refractivity contribution in [3.63, 3.8) is 0 Å². The molecular formula is C51H35N. The summed E-state index contributed by atoms with van der Waals surface area (Å²) in [6, 6.07) is 60.4. The van der Waals surface area contributed by atoms with Gasteiger partial charge in [-0.2, -0.15) is 0 Å². The number of hydrogen-bond donors (Lipinski definition) is 0. The van der Waals surface area contributed by atoms with E-state index in [1.54, 1.807) is 0 Å². The van der Waals surface area contributed by atoms with Crippen LogP contribution in [-0.2, 0) is 0 Å². The molecule has 3 aliphatic rings. The van der Waals surface area contributed by atoms with E-state index in [0.717, 1.165) is 12.1 Å². The van der Waals surface area contributed by atoms with Crippen molar-refractivity contribution >= 4 is 49.3 Å². The normalized spacial score (nSPS) is 18.7. The van der Waals surface area contributed by atoms with Crippen molar-refractivity contribution in [2.45, 2.75) is 18.3 Å². The number of rotatable bonds is 3. The Morgan fingerprint density at radius 2 is 1.04 bits per heavy atom. The maximum absolute atomic E-state index is 5.20. The van der Waals surface area contributed by atoms with Gasteiger partial charge in [-0.15, -0.1) is 0 Å². The molecule has 0 spiro atoms. The summed E-state index contributed by atoms with van der Waals surface area (Å²) in [6.45, 7) is 0. The Morgan fingerprint density at radius 1 is 0.462 bits per heavy atom. The van der Waals surface area contributed by atoms with E-state index in [-0.39, 0.29) is 0 Å². The van der Waals surface area contributed by atoms with Gasteiger partial charge in [0, 0.05) is 17.4 Å². The number of benzene rings is 8. The van der Waals surface area contributed by atoms with Gasteiger partial charge in [0.15, 0.2) is 0 Å². The van der Waals surface area contributed by atoms with Gasteiger partial charge in [-0.3, -0.25) is 4.99 Å². The molecule has 11 rings (SSSR count). The molecule has 0 fully saturated rings. The fourth-order valence-electron chi connectivity index (χ4n) is 9.50. The van der Waals surface area contributed by atoms with Crippen LogP contribution in [0.15, 0.2) is 187 Å². The van der Waals surface area contributed by atoms with Crippen molar-refractivity contribution in [1.82, 2.24) is 0 Å². The Labute approximate surface area is 303 Å². The quantitative estimate of drug-likeness (QED) is 0.167. The van der Waals surface area contributed by atoms with Crippen LogP contribution in [0, 0.1) is 5.92 Å². The third-order valence-electron chi connectivity index (χ3n) is 11.8. The van der Waals surface area contributed by atoms with E-state index in [2.05, 4.69) is 182 Å². The van der Waals surface area contributed by atoms with Crippen LogP contribution in [0.2, 0.25) is 0 Å². The van der Waals surface area contributed by atoms with Crippen LogP contribution in [0.4, 0.5) is 5.69 Å². The predicted molar refractivity (Wildman–Crippen MR) is 220 cm³/mol. The van der Waals surface area contributed by atoms with Gasteiger partial charge in [-0.1, -0.05) is 176 Å². The fraction of sp³-hybridized carbons (Fsp3) is 0.0784. The highest BCUT2D eigenvalue weighted by Crippen LogP contribution is 2.51. The Bertz CT molecular complexity index is 2770. The van der Waals surface area contributed by atoms with Crippen molar-refractivity contribution in [3.8, 4) is 22.3 Å². The van der Waals surface area contributed by atoms with Gasteiger partial charge in [-0.05, 0) is 95.2 Å². The first-order valence-electron chi connectivity index (χ1n) is 18.5. The average Bonchev–Trinajstić information content (AvgIpc) is 3.51. The lowest BCUT2D eigenvalue weighted by Gasteiger charge is -2.27. The number of hydrogen-bond acceptors (Lipinski definition) is 1. The molecule has 1 aliphatic heterocycles. The van der Waals surface area contributed by atoms with Gasteiger partial charge in [0.2, 0.25) is 0 Å². The van der Waals surface area contributed by atoms with Gasteiger partial charge in [-0.25, -0.2) is 0 Å². The summed E-state index contributed by atoms with van der Waals surface area (Å²) in [5.74, 6) is 1.05. The van der Waals surface area contributed by atoms with Crippen molar-refractivity contribution in [2.24, 2.45) is 10.9 Å². The molecule has 8 aromatic carbocycles. The minimum Gasteiger partial charge on any atom is -0.252 e. The number of aliphatic imine (C=N–C) groups is 1. The monoisotopic (exact) mass is 661 g/mol. The van der Waals surface area contributed by atoms with Crippen molar-refractivity contribution < 1.29 is 0 Å². The van der Waals surface area contributed by atoms with E-state index in [9.17, 15) is 0 Å². The van der Waals surface area contributed by atoms with Gasteiger partial charge in [0.25, 0.3) is 0 Å². The van der Waals surface area contributed by atoms with Crippen molar-refractivity contribution in [2.75, 3.05) is 0 Å². The number of nitrogens with zero attached hydrogens (tertiary/aromatic N) is 1. The molecule has 0 radical (unpaired) electrons. The molecule has 0 saturated heterocycles. The van der Waals surface area contributed by atoms with Crippen LogP contribution in [-0.4, -0.2) is 5.71 Å². The molecular weight excluding hydrogens is 627 g/mol. The minimum atomic E-state index is 0.317. The molecule has 3 unspecified atom stereocenters. The molecule has 0 aromatic heterocycles. The Kier molecular flexibility index (Phi) is 6.57. The molecule has 0 amide bonds. The van der Waals surface area contributed by atoms with Crippen LogP contribution < -0.4 is 0 Å². The van der Waals surface area contributed by atoms with E-state index < -0.39 is 0 Å². The standard InChI is InChI=1S/C51H35N/c1-2-14-37-33(12-1)13-11-22-41(37)50-44-19-6-4-17-42(44)49(43-18-5-7-20-45(43)50)34-26-24-32(25-27-34)35-28-29-38-36(30-35)31-47-40-16-9-10-23-48(40)52-51(47)46-21-8-3-15-39(38)46/h1-30,36,38,47H,31H2. The lowest BCUT2D eigenvalue weighted by molar-refractivity contribution is 0.529. The first kappa shape index (κ1) is 29.4. The molecule has 0 saturated carbocycles. The Morgan fingerprint density at radius 3 is 1.81 bits per heavy atom. The number of fused-ring (bicyclic) bond motifs is 10. The van der Waals surface area contributed by atoms with Crippen molar-refractivity contribution in [3.05, 3.63) is 204 Å².